The van der Waals surface area contributed by atoms with Gasteiger partial charge in [-0.05, 0) is 39.7 Å². The highest BCUT2D eigenvalue weighted by atomic mass is 16.6. The summed E-state index contributed by atoms with van der Waals surface area (Å²) in [6, 6.07) is 8.23. The van der Waals surface area contributed by atoms with Gasteiger partial charge in [0, 0.05) is 45.6 Å². The number of benzene rings is 1. The Morgan fingerprint density at radius 3 is 1.97 bits per heavy atom. The minimum Gasteiger partial charge on any atom is -0.444 e. The van der Waals surface area contributed by atoms with Gasteiger partial charge in [0.05, 0.1) is 0 Å². The summed E-state index contributed by atoms with van der Waals surface area (Å²) in [5.41, 5.74) is 1.81. The Bertz CT molecular complexity index is 702. The fourth-order valence-electron chi connectivity index (χ4n) is 3.11. The van der Waals surface area contributed by atoms with Crippen LogP contribution in [0.1, 0.15) is 44.7 Å². The van der Waals surface area contributed by atoms with Crippen molar-refractivity contribution in [3.8, 4) is 0 Å². The molecule has 0 aromatic heterocycles. The molecule has 7 heteroatoms. The molecule has 0 saturated carbocycles. The summed E-state index contributed by atoms with van der Waals surface area (Å²) in [4.78, 5) is 39.9. The minimum atomic E-state index is -0.559. The lowest BCUT2D eigenvalue weighted by atomic mass is 10.1. The van der Waals surface area contributed by atoms with Gasteiger partial charge in [-0.15, -0.1) is 0 Å². The Morgan fingerprint density at radius 2 is 1.45 bits per heavy atom. The van der Waals surface area contributed by atoms with Gasteiger partial charge in [-0.3, -0.25) is 9.59 Å². The highest BCUT2D eigenvalue weighted by Gasteiger charge is 2.24. The third-order valence-corrected chi connectivity index (χ3v) is 4.74. The van der Waals surface area contributed by atoms with Crippen molar-refractivity contribution in [1.82, 2.24) is 15.1 Å². The smallest absolute Gasteiger partial charge is 0.407 e. The highest BCUT2D eigenvalue weighted by molar-refractivity contribution is 5.79. The third kappa shape index (κ3) is 8.13. The molecule has 29 heavy (non-hydrogen) atoms. The van der Waals surface area contributed by atoms with Crippen LogP contribution in [0.3, 0.4) is 0 Å². The highest BCUT2D eigenvalue weighted by Crippen LogP contribution is 2.10. The topological polar surface area (TPSA) is 79.0 Å². The number of hydrogen-bond donors (Lipinski definition) is 1. The zero-order chi connectivity index (χ0) is 21.4. The molecule has 1 saturated heterocycles. The lowest BCUT2D eigenvalue weighted by molar-refractivity contribution is -0.139. The Labute approximate surface area is 173 Å². The van der Waals surface area contributed by atoms with Crippen LogP contribution in [0.25, 0.3) is 0 Å². The predicted octanol–water partition coefficient (Wildman–Crippen LogP) is 2.51. The van der Waals surface area contributed by atoms with E-state index >= 15 is 0 Å². The van der Waals surface area contributed by atoms with E-state index in [9.17, 15) is 14.4 Å². The number of carbonyl (C=O) groups excluding carboxylic acids is 3. The summed E-state index contributed by atoms with van der Waals surface area (Å²) < 4.78 is 5.15. The van der Waals surface area contributed by atoms with E-state index in [2.05, 4.69) is 29.6 Å². The predicted molar refractivity (Wildman–Crippen MR) is 112 cm³/mol. The monoisotopic (exact) mass is 403 g/mol. The van der Waals surface area contributed by atoms with Gasteiger partial charge in [0.25, 0.3) is 0 Å². The Hall–Kier alpha value is -2.57. The summed E-state index contributed by atoms with van der Waals surface area (Å²) in [6.07, 6.45) is 0.917. The molecular weight excluding hydrogens is 370 g/mol. The first kappa shape index (κ1) is 22.7. The number of hydrogen-bond acceptors (Lipinski definition) is 4. The number of ether oxygens (including phenoxy) is 1. The molecule has 1 fully saturated rings. The first-order valence-electron chi connectivity index (χ1n) is 10.2. The van der Waals surface area contributed by atoms with Crippen molar-refractivity contribution in [1.29, 1.82) is 0 Å². The third-order valence-electron chi connectivity index (χ3n) is 4.74. The van der Waals surface area contributed by atoms with Crippen LogP contribution in [0.2, 0.25) is 0 Å². The molecule has 0 aliphatic carbocycles. The summed E-state index contributed by atoms with van der Waals surface area (Å²) >= 11 is 0. The average Bonchev–Trinajstić information content (AvgIpc) is 2.66. The maximum absolute atomic E-state index is 12.4. The van der Waals surface area contributed by atoms with E-state index in [-0.39, 0.29) is 24.8 Å². The van der Waals surface area contributed by atoms with Gasteiger partial charge in [-0.25, -0.2) is 4.79 Å². The van der Waals surface area contributed by atoms with E-state index in [0.29, 0.717) is 32.6 Å². The van der Waals surface area contributed by atoms with Crippen LogP contribution in [-0.4, -0.2) is 66.0 Å². The van der Waals surface area contributed by atoms with Crippen LogP contribution in [0, 0.1) is 6.92 Å². The number of aryl methyl sites for hydroxylation is 2. The van der Waals surface area contributed by atoms with Crippen molar-refractivity contribution < 1.29 is 19.1 Å². The number of amides is 3. The number of nitrogens with one attached hydrogen (secondary N) is 1. The molecule has 1 N–H and O–H groups in total. The fourth-order valence-corrected chi connectivity index (χ4v) is 3.11. The molecule has 0 unspecified atom stereocenters. The molecule has 1 heterocycles. The van der Waals surface area contributed by atoms with E-state index < -0.39 is 11.7 Å². The van der Waals surface area contributed by atoms with Crippen LogP contribution < -0.4 is 5.32 Å². The molecule has 1 aromatic rings. The van der Waals surface area contributed by atoms with Crippen molar-refractivity contribution in [2.24, 2.45) is 0 Å². The van der Waals surface area contributed by atoms with Gasteiger partial charge in [0.1, 0.15) is 5.60 Å². The van der Waals surface area contributed by atoms with E-state index in [0.717, 1.165) is 12.0 Å². The molecule has 0 atom stereocenters. The molecule has 0 radical (unpaired) electrons. The molecule has 1 aromatic carbocycles. The average molecular weight is 404 g/mol. The van der Waals surface area contributed by atoms with Crippen molar-refractivity contribution in [3.63, 3.8) is 0 Å². The van der Waals surface area contributed by atoms with Gasteiger partial charge in [0.15, 0.2) is 0 Å². The van der Waals surface area contributed by atoms with Gasteiger partial charge in [0.2, 0.25) is 11.8 Å². The molecular formula is C22H33N3O4. The van der Waals surface area contributed by atoms with Crippen LogP contribution in [0.15, 0.2) is 24.3 Å². The second-order valence-corrected chi connectivity index (χ2v) is 8.43. The Kier molecular flexibility index (Phi) is 8.05. The van der Waals surface area contributed by atoms with Crippen molar-refractivity contribution in [2.75, 3.05) is 32.7 Å². The molecule has 0 bridgehead atoms. The molecule has 1 aliphatic heterocycles. The van der Waals surface area contributed by atoms with Crippen molar-refractivity contribution >= 4 is 17.9 Å². The molecule has 2 rings (SSSR count). The van der Waals surface area contributed by atoms with Gasteiger partial charge in [-0.2, -0.15) is 0 Å². The standard InChI is InChI=1S/C22H33N3O4/c1-17-5-7-18(8-6-17)9-10-19(26)24-13-15-25(16-14-24)20(27)11-12-23-21(28)29-22(2,3)4/h5-8H,9-16H2,1-4H3,(H,23,28). The quantitative estimate of drug-likeness (QED) is 0.792. The molecule has 0 spiro atoms. The Morgan fingerprint density at radius 1 is 0.931 bits per heavy atom. The first-order valence-corrected chi connectivity index (χ1v) is 10.2. The lowest BCUT2D eigenvalue weighted by Crippen LogP contribution is -2.51. The van der Waals surface area contributed by atoms with E-state index in [1.165, 1.54) is 5.56 Å². The van der Waals surface area contributed by atoms with Crippen molar-refractivity contribution in [2.45, 2.75) is 52.6 Å². The number of alkyl carbamates (subject to hydrolysis) is 1. The second-order valence-electron chi connectivity index (χ2n) is 8.43. The van der Waals surface area contributed by atoms with Crippen LogP contribution in [-0.2, 0) is 20.7 Å². The number of rotatable bonds is 6. The number of nitrogens with zero attached hydrogens (tertiary/aromatic N) is 2. The zero-order valence-electron chi connectivity index (χ0n) is 18.0. The van der Waals surface area contributed by atoms with Crippen molar-refractivity contribution in [3.05, 3.63) is 35.4 Å². The summed E-state index contributed by atoms with van der Waals surface area (Å²) in [7, 11) is 0. The largest absolute Gasteiger partial charge is 0.444 e. The maximum Gasteiger partial charge on any atom is 0.407 e. The number of piperazine rings is 1. The maximum atomic E-state index is 12.4. The van der Waals surface area contributed by atoms with Crippen LogP contribution in [0.4, 0.5) is 4.79 Å². The van der Waals surface area contributed by atoms with Gasteiger partial charge in [-0.1, -0.05) is 29.8 Å². The summed E-state index contributed by atoms with van der Waals surface area (Å²) in [6.45, 7) is 9.82. The molecule has 7 nitrogen and oxygen atoms in total. The Balaban J connectivity index is 1.65. The zero-order valence-corrected chi connectivity index (χ0v) is 18.0. The molecule has 1 aliphatic rings. The van der Waals surface area contributed by atoms with Gasteiger partial charge < -0.3 is 19.9 Å². The number of carbonyl (C=O) groups is 3. The first-order chi connectivity index (χ1) is 13.6. The van der Waals surface area contributed by atoms with E-state index in [1.54, 1.807) is 25.7 Å². The van der Waals surface area contributed by atoms with E-state index in [4.69, 9.17) is 4.74 Å². The van der Waals surface area contributed by atoms with E-state index in [1.807, 2.05) is 11.8 Å². The molecule has 3 amide bonds. The SMILES string of the molecule is Cc1ccc(CCC(=O)N2CCN(C(=O)CCNC(=O)OC(C)(C)C)CC2)cc1. The summed E-state index contributed by atoms with van der Waals surface area (Å²) in [5.74, 6) is 0.108. The second kappa shape index (κ2) is 10.3. The minimum absolute atomic E-state index is 0.0205. The molecule has 160 valence electrons. The van der Waals surface area contributed by atoms with Gasteiger partial charge >= 0.3 is 6.09 Å². The van der Waals surface area contributed by atoms with Crippen LogP contribution >= 0.6 is 0 Å². The lowest BCUT2D eigenvalue weighted by Gasteiger charge is -2.35. The fraction of sp³-hybridized carbons (Fsp3) is 0.591. The summed E-state index contributed by atoms with van der Waals surface area (Å²) in [5, 5.41) is 2.60. The normalized spacial score (nSPS) is 14.5. The van der Waals surface area contributed by atoms with Crippen LogP contribution in [0.5, 0.6) is 0 Å².